The number of thiazole rings is 1. The summed E-state index contributed by atoms with van der Waals surface area (Å²) in [6.45, 7) is 6.87. The smallest absolute Gasteiger partial charge is 0.224 e. The van der Waals surface area contributed by atoms with E-state index >= 15 is 0 Å². The molecule has 1 atom stereocenters. The van der Waals surface area contributed by atoms with Crippen LogP contribution in [0.3, 0.4) is 0 Å². The fraction of sp³-hybridized carbons (Fsp3) is 0.417. The van der Waals surface area contributed by atoms with Crippen molar-refractivity contribution >= 4 is 39.0 Å². The predicted molar refractivity (Wildman–Crippen MR) is 82.8 cm³/mol. The summed E-state index contributed by atoms with van der Waals surface area (Å²) < 4.78 is 0.842. The second-order valence-electron chi connectivity index (χ2n) is 4.11. The molecule has 0 radical (unpaired) electrons. The van der Waals surface area contributed by atoms with E-state index < -0.39 is 0 Å². The van der Waals surface area contributed by atoms with Crippen LogP contribution in [0.2, 0.25) is 0 Å². The van der Waals surface area contributed by atoms with Crippen molar-refractivity contribution in [1.82, 2.24) is 15.0 Å². The summed E-state index contributed by atoms with van der Waals surface area (Å²) in [5.41, 5.74) is 1.05. The van der Waals surface area contributed by atoms with E-state index in [2.05, 4.69) is 48.4 Å². The Labute approximate surface area is 125 Å². The Balaban J connectivity index is 2.15. The minimum Gasteiger partial charge on any atom is -0.360 e. The van der Waals surface area contributed by atoms with Crippen LogP contribution in [-0.4, -0.2) is 21.5 Å². The summed E-state index contributed by atoms with van der Waals surface area (Å²) in [5, 5.41) is 9.54. The largest absolute Gasteiger partial charge is 0.360 e. The van der Waals surface area contributed by atoms with Crippen LogP contribution in [0.1, 0.15) is 30.6 Å². The fourth-order valence-electron chi connectivity index (χ4n) is 1.55. The van der Waals surface area contributed by atoms with E-state index in [1.165, 1.54) is 0 Å². The molecule has 102 valence electrons. The third kappa shape index (κ3) is 3.63. The molecule has 0 saturated heterocycles. The molecule has 2 rings (SSSR count). The first-order valence-corrected chi connectivity index (χ1v) is 7.72. The zero-order chi connectivity index (χ0) is 13.8. The molecule has 2 aromatic rings. The van der Waals surface area contributed by atoms with Crippen molar-refractivity contribution in [3.8, 4) is 0 Å². The van der Waals surface area contributed by atoms with Crippen molar-refractivity contribution in [3.05, 3.63) is 26.8 Å². The standard InChI is InChI=1S/C12H16BrN5S/c1-4-14-12-15-5-9(13)10(18-12)17-8(3)11-16-7(2)6-19-11/h5-6,8H,4H2,1-3H3,(H2,14,15,17,18). The van der Waals surface area contributed by atoms with Gasteiger partial charge in [-0.1, -0.05) is 0 Å². The molecule has 0 aliphatic heterocycles. The van der Waals surface area contributed by atoms with Crippen LogP contribution in [0.25, 0.3) is 0 Å². The Hall–Kier alpha value is -1.21. The lowest BCUT2D eigenvalue weighted by molar-refractivity contribution is 0.851. The number of nitrogens with zero attached hydrogens (tertiary/aromatic N) is 3. The summed E-state index contributed by atoms with van der Waals surface area (Å²) in [6, 6.07) is 0.111. The van der Waals surface area contributed by atoms with Gasteiger partial charge in [0.05, 0.1) is 10.5 Å². The molecule has 0 spiro atoms. The van der Waals surface area contributed by atoms with Gasteiger partial charge in [0.15, 0.2) is 0 Å². The molecule has 0 bridgehead atoms. The third-order valence-electron chi connectivity index (χ3n) is 2.44. The zero-order valence-electron chi connectivity index (χ0n) is 11.1. The molecule has 0 aliphatic carbocycles. The highest BCUT2D eigenvalue weighted by Gasteiger charge is 2.12. The first-order chi connectivity index (χ1) is 9.10. The molecule has 0 amide bonds. The first kappa shape index (κ1) is 14.2. The Morgan fingerprint density at radius 3 is 2.84 bits per heavy atom. The molecule has 0 aliphatic rings. The molecule has 1 unspecified atom stereocenters. The van der Waals surface area contributed by atoms with Crippen LogP contribution >= 0.6 is 27.3 Å². The highest BCUT2D eigenvalue weighted by Crippen LogP contribution is 2.26. The van der Waals surface area contributed by atoms with E-state index in [1.54, 1.807) is 17.5 Å². The van der Waals surface area contributed by atoms with E-state index in [0.29, 0.717) is 5.95 Å². The fourth-order valence-corrected chi connectivity index (χ4v) is 2.66. The van der Waals surface area contributed by atoms with Crippen LogP contribution < -0.4 is 10.6 Å². The van der Waals surface area contributed by atoms with E-state index in [1.807, 2.05) is 19.2 Å². The number of halogens is 1. The highest BCUT2D eigenvalue weighted by molar-refractivity contribution is 9.10. The summed E-state index contributed by atoms with van der Waals surface area (Å²) >= 11 is 5.10. The Morgan fingerprint density at radius 1 is 1.42 bits per heavy atom. The molecule has 0 saturated carbocycles. The van der Waals surface area contributed by atoms with Crippen molar-refractivity contribution in [2.75, 3.05) is 17.2 Å². The maximum Gasteiger partial charge on any atom is 0.224 e. The Morgan fingerprint density at radius 2 is 2.21 bits per heavy atom. The number of hydrogen-bond acceptors (Lipinski definition) is 6. The summed E-state index contributed by atoms with van der Waals surface area (Å²) in [7, 11) is 0. The maximum absolute atomic E-state index is 4.48. The van der Waals surface area contributed by atoms with Crippen molar-refractivity contribution in [1.29, 1.82) is 0 Å². The maximum atomic E-state index is 4.48. The lowest BCUT2D eigenvalue weighted by Gasteiger charge is -2.14. The number of anilines is 2. The SMILES string of the molecule is CCNc1ncc(Br)c(NC(C)c2nc(C)cs2)n1. The molecule has 0 fully saturated rings. The molecule has 0 aromatic carbocycles. The van der Waals surface area contributed by atoms with Gasteiger partial charge in [-0.15, -0.1) is 11.3 Å². The zero-order valence-corrected chi connectivity index (χ0v) is 13.5. The minimum atomic E-state index is 0.111. The average molecular weight is 342 g/mol. The Kier molecular flexibility index (Phi) is 4.71. The topological polar surface area (TPSA) is 62.7 Å². The molecule has 5 nitrogen and oxygen atoms in total. The lowest BCUT2D eigenvalue weighted by atomic mass is 10.3. The van der Waals surface area contributed by atoms with Crippen molar-refractivity contribution in [2.24, 2.45) is 0 Å². The van der Waals surface area contributed by atoms with Crippen LogP contribution in [-0.2, 0) is 0 Å². The van der Waals surface area contributed by atoms with Gasteiger partial charge in [0.1, 0.15) is 10.8 Å². The van der Waals surface area contributed by atoms with E-state index in [4.69, 9.17) is 0 Å². The van der Waals surface area contributed by atoms with Gasteiger partial charge >= 0.3 is 0 Å². The van der Waals surface area contributed by atoms with E-state index in [9.17, 15) is 0 Å². The highest BCUT2D eigenvalue weighted by atomic mass is 79.9. The van der Waals surface area contributed by atoms with Gasteiger partial charge in [0.2, 0.25) is 5.95 Å². The Bertz CT molecular complexity index is 557. The molecule has 2 heterocycles. The van der Waals surface area contributed by atoms with Crippen LogP contribution in [0.5, 0.6) is 0 Å². The van der Waals surface area contributed by atoms with Gasteiger partial charge in [-0.3, -0.25) is 0 Å². The van der Waals surface area contributed by atoms with E-state index in [-0.39, 0.29) is 6.04 Å². The molecule has 7 heteroatoms. The minimum absolute atomic E-state index is 0.111. The third-order valence-corrected chi connectivity index (χ3v) is 4.17. The second kappa shape index (κ2) is 6.29. The van der Waals surface area contributed by atoms with Gasteiger partial charge in [0, 0.05) is 23.8 Å². The number of aryl methyl sites for hydroxylation is 1. The van der Waals surface area contributed by atoms with Crippen LogP contribution in [0.4, 0.5) is 11.8 Å². The average Bonchev–Trinajstić information content (AvgIpc) is 2.80. The number of rotatable bonds is 5. The molecular weight excluding hydrogens is 326 g/mol. The van der Waals surface area contributed by atoms with E-state index in [0.717, 1.165) is 27.5 Å². The normalized spacial score (nSPS) is 12.2. The van der Waals surface area contributed by atoms with Gasteiger partial charge in [-0.2, -0.15) is 4.98 Å². The summed E-state index contributed by atoms with van der Waals surface area (Å²) in [4.78, 5) is 13.1. The summed E-state index contributed by atoms with van der Waals surface area (Å²) in [6.07, 6.45) is 1.74. The van der Waals surface area contributed by atoms with Crippen LogP contribution in [0.15, 0.2) is 16.0 Å². The molecule has 2 N–H and O–H groups in total. The molecular formula is C12H16BrN5S. The first-order valence-electron chi connectivity index (χ1n) is 6.05. The van der Waals surface area contributed by atoms with Gasteiger partial charge in [-0.05, 0) is 36.7 Å². The molecule has 19 heavy (non-hydrogen) atoms. The van der Waals surface area contributed by atoms with Crippen molar-refractivity contribution in [2.45, 2.75) is 26.8 Å². The summed E-state index contributed by atoms with van der Waals surface area (Å²) in [5.74, 6) is 1.39. The van der Waals surface area contributed by atoms with Crippen molar-refractivity contribution < 1.29 is 0 Å². The van der Waals surface area contributed by atoms with Gasteiger partial charge in [-0.25, -0.2) is 9.97 Å². The van der Waals surface area contributed by atoms with Crippen LogP contribution in [0, 0.1) is 6.92 Å². The van der Waals surface area contributed by atoms with Gasteiger partial charge < -0.3 is 10.6 Å². The number of aromatic nitrogens is 3. The predicted octanol–water partition coefficient (Wildman–Crippen LogP) is 3.61. The van der Waals surface area contributed by atoms with Crippen molar-refractivity contribution in [3.63, 3.8) is 0 Å². The second-order valence-corrected chi connectivity index (χ2v) is 5.86. The quantitative estimate of drug-likeness (QED) is 0.869. The lowest BCUT2D eigenvalue weighted by Crippen LogP contribution is -2.10. The number of hydrogen-bond donors (Lipinski definition) is 2. The molecule has 2 aromatic heterocycles. The number of nitrogens with one attached hydrogen (secondary N) is 2. The van der Waals surface area contributed by atoms with Gasteiger partial charge in [0.25, 0.3) is 0 Å². The monoisotopic (exact) mass is 341 g/mol.